The summed E-state index contributed by atoms with van der Waals surface area (Å²) in [5, 5.41) is 5.09. The predicted molar refractivity (Wildman–Crippen MR) is 142 cm³/mol. The Labute approximate surface area is 216 Å². The van der Waals surface area contributed by atoms with E-state index < -0.39 is 0 Å². The summed E-state index contributed by atoms with van der Waals surface area (Å²) in [7, 11) is 1.59. The summed E-state index contributed by atoms with van der Waals surface area (Å²) < 4.78 is 18.7. The lowest BCUT2D eigenvalue weighted by atomic mass is 10.0. The van der Waals surface area contributed by atoms with Gasteiger partial charge in [0.15, 0.2) is 0 Å². The molecule has 0 saturated carbocycles. The number of carbonyl (C=O) groups excluding carboxylic acids is 2. The van der Waals surface area contributed by atoms with E-state index in [1.54, 1.807) is 31.4 Å². The van der Waals surface area contributed by atoms with Crippen molar-refractivity contribution in [3.63, 3.8) is 0 Å². The lowest BCUT2D eigenvalue weighted by Gasteiger charge is -2.28. The van der Waals surface area contributed by atoms with Gasteiger partial charge in [0.05, 0.1) is 7.11 Å². The minimum absolute atomic E-state index is 0.00738. The Morgan fingerprint density at radius 2 is 1.81 bits per heavy atom. The molecule has 0 aliphatic carbocycles. The van der Waals surface area contributed by atoms with Gasteiger partial charge in [-0.3, -0.25) is 14.5 Å². The van der Waals surface area contributed by atoms with Gasteiger partial charge < -0.3 is 15.0 Å². The maximum absolute atomic E-state index is 13.4. The number of fused-ring (bicyclic) bond motifs is 1. The normalized spacial score (nSPS) is 18.2. The molecule has 5 rings (SSSR count). The Balaban J connectivity index is 1.09. The van der Waals surface area contributed by atoms with Crippen molar-refractivity contribution < 1.29 is 18.7 Å². The SMILES string of the molecule is COc1cccc(C(=O)N2CCC(=CC(=O)NC3CCN(Cc4ccc5cc(F)ccc5c4)C3)CC2)c1. The average Bonchev–Trinajstić information content (AvgIpc) is 3.35. The first-order valence-electron chi connectivity index (χ1n) is 12.8. The number of ether oxygens (including phenoxy) is 1. The second-order valence-corrected chi connectivity index (χ2v) is 9.88. The zero-order valence-corrected chi connectivity index (χ0v) is 21.1. The van der Waals surface area contributed by atoms with Gasteiger partial charge in [-0.15, -0.1) is 0 Å². The molecule has 6 nitrogen and oxygen atoms in total. The van der Waals surface area contributed by atoms with E-state index in [9.17, 15) is 14.0 Å². The number of hydrogen-bond acceptors (Lipinski definition) is 4. The zero-order chi connectivity index (χ0) is 25.8. The summed E-state index contributed by atoms with van der Waals surface area (Å²) in [4.78, 5) is 29.7. The predicted octanol–water partition coefficient (Wildman–Crippen LogP) is 4.54. The Bertz CT molecular complexity index is 1330. The van der Waals surface area contributed by atoms with Crippen molar-refractivity contribution in [1.29, 1.82) is 0 Å². The van der Waals surface area contributed by atoms with Gasteiger partial charge in [0.1, 0.15) is 11.6 Å². The molecule has 0 bridgehead atoms. The van der Waals surface area contributed by atoms with E-state index in [-0.39, 0.29) is 23.7 Å². The molecule has 2 aliphatic heterocycles. The Kier molecular flexibility index (Phi) is 7.51. The summed E-state index contributed by atoms with van der Waals surface area (Å²) in [5.41, 5.74) is 2.88. The molecule has 1 unspecified atom stereocenters. The summed E-state index contributed by atoms with van der Waals surface area (Å²) in [6.45, 7) is 3.73. The van der Waals surface area contributed by atoms with Crippen molar-refractivity contribution in [2.45, 2.75) is 31.8 Å². The van der Waals surface area contributed by atoms with Crippen LogP contribution >= 0.6 is 0 Å². The molecule has 7 heteroatoms. The minimum Gasteiger partial charge on any atom is -0.497 e. The van der Waals surface area contributed by atoms with Gasteiger partial charge in [-0.2, -0.15) is 0 Å². The van der Waals surface area contributed by atoms with Crippen LogP contribution in [0.25, 0.3) is 10.8 Å². The minimum atomic E-state index is -0.222. The molecular weight excluding hydrogens is 469 g/mol. The van der Waals surface area contributed by atoms with Crippen molar-refractivity contribution in [2.75, 3.05) is 33.3 Å². The van der Waals surface area contributed by atoms with Crippen molar-refractivity contribution in [2.24, 2.45) is 0 Å². The number of benzene rings is 3. The molecule has 3 aromatic rings. The van der Waals surface area contributed by atoms with Crippen LogP contribution in [0.15, 0.2) is 72.3 Å². The van der Waals surface area contributed by atoms with Crippen molar-refractivity contribution >= 4 is 22.6 Å². The van der Waals surface area contributed by atoms with Gasteiger partial charge in [0, 0.05) is 50.4 Å². The summed E-state index contributed by atoms with van der Waals surface area (Å²) in [6.07, 6.45) is 4.03. The maximum Gasteiger partial charge on any atom is 0.254 e. The maximum atomic E-state index is 13.4. The molecule has 0 aromatic heterocycles. The van der Waals surface area contributed by atoms with E-state index >= 15 is 0 Å². The summed E-state index contributed by atoms with van der Waals surface area (Å²) in [6, 6.07) is 18.3. The highest BCUT2D eigenvalue weighted by molar-refractivity contribution is 5.95. The number of rotatable bonds is 6. The quantitative estimate of drug-likeness (QED) is 0.504. The Morgan fingerprint density at radius 3 is 2.62 bits per heavy atom. The standard InChI is InChI=1S/C30H32FN3O3/c1-37-28-4-2-3-25(18-28)30(36)34-13-9-21(10-14-34)16-29(35)32-27-11-12-33(20-27)19-22-5-6-24-17-26(31)8-7-23(24)15-22/h2-8,15-18,27H,9-14,19-20H2,1H3,(H,32,35). The van der Waals surface area contributed by atoms with Gasteiger partial charge in [0.25, 0.3) is 5.91 Å². The van der Waals surface area contributed by atoms with Gasteiger partial charge in [0.2, 0.25) is 5.91 Å². The fourth-order valence-corrected chi connectivity index (χ4v) is 5.22. The van der Waals surface area contributed by atoms with Crippen LogP contribution in [0, 0.1) is 5.82 Å². The fraction of sp³-hybridized carbons (Fsp3) is 0.333. The van der Waals surface area contributed by atoms with Crippen LogP contribution < -0.4 is 10.1 Å². The van der Waals surface area contributed by atoms with Crippen LogP contribution in [0.1, 0.15) is 35.2 Å². The second kappa shape index (κ2) is 11.1. The average molecular weight is 502 g/mol. The molecule has 2 fully saturated rings. The first-order valence-corrected chi connectivity index (χ1v) is 12.8. The number of carbonyl (C=O) groups is 2. The van der Waals surface area contributed by atoms with E-state index in [1.165, 1.54) is 11.6 Å². The Morgan fingerprint density at radius 1 is 1.03 bits per heavy atom. The van der Waals surface area contributed by atoms with E-state index in [2.05, 4.69) is 16.3 Å². The van der Waals surface area contributed by atoms with Crippen LogP contribution in [0.5, 0.6) is 5.75 Å². The lowest BCUT2D eigenvalue weighted by molar-refractivity contribution is -0.117. The second-order valence-electron chi connectivity index (χ2n) is 9.88. The molecule has 2 heterocycles. The lowest BCUT2D eigenvalue weighted by Crippen LogP contribution is -2.38. The van der Waals surface area contributed by atoms with Gasteiger partial charge >= 0.3 is 0 Å². The van der Waals surface area contributed by atoms with Gasteiger partial charge in [-0.25, -0.2) is 4.39 Å². The summed E-state index contributed by atoms with van der Waals surface area (Å²) in [5.74, 6) is 0.384. The highest BCUT2D eigenvalue weighted by Crippen LogP contribution is 2.22. The van der Waals surface area contributed by atoms with Crippen LogP contribution in [0.3, 0.4) is 0 Å². The Hall–Kier alpha value is -3.71. The van der Waals surface area contributed by atoms with Crippen molar-refractivity contribution in [3.8, 4) is 5.75 Å². The highest BCUT2D eigenvalue weighted by atomic mass is 19.1. The number of piperidine rings is 1. The number of nitrogens with zero attached hydrogens (tertiary/aromatic N) is 2. The van der Waals surface area contributed by atoms with E-state index in [4.69, 9.17) is 4.74 Å². The van der Waals surface area contributed by atoms with Gasteiger partial charge in [-0.05, 0) is 72.0 Å². The molecule has 3 aromatic carbocycles. The number of likely N-dealkylation sites (tertiary alicyclic amines) is 2. The van der Waals surface area contributed by atoms with E-state index in [0.29, 0.717) is 37.2 Å². The molecule has 0 radical (unpaired) electrons. The van der Waals surface area contributed by atoms with Crippen LogP contribution in [0.2, 0.25) is 0 Å². The molecule has 1 atom stereocenters. The molecule has 192 valence electrons. The third-order valence-corrected chi connectivity index (χ3v) is 7.24. The van der Waals surface area contributed by atoms with Crippen LogP contribution in [-0.4, -0.2) is 60.9 Å². The van der Waals surface area contributed by atoms with Gasteiger partial charge in [-0.1, -0.05) is 29.8 Å². The highest BCUT2D eigenvalue weighted by Gasteiger charge is 2.25. The number of nitrogens with one attached hydrogen (secondary N) is 1. The summed E-state index contributed by atoms with van der Waals surface area (Å²) >= 11 is 0. The number of hydrogen-bond donors (Lipinski definition) is 1. The number of halogens is 1. The first kappa shape index (κ1) is 25.0. The molecular formula is C30H32FN3O3. The number of methoxy groups -OCH3 is 1. The van der Waals surface area contributed by atoms with Crippen molar-refractivity contribution in [3.05, 3.63) is 89.3 Å². The van der Waals surface area contributed by atoms with Crippen LogP contribution in [-0.2, 0) is 11.3 Å². The third-order valence-electron chi connectivity index (χ3n) is 7.24. The van der Waals surface area contributed by atoms with E-state index in [0.717, 1.165) is 42.4 Å². The fourth-order valence-electron chi connectivity index (χ4n) is 5.22. The van der Waals surface area contributed by atoms with Crippen molar-refractivity contribution in [1.82, 2.24) is 15.1 Å². The first-order chi connectivity index (χ1) is 18.0. The van der Waals surface area contributed by atoms with Crippen LogP contribution in [0.4, 0.5) is 4.39 Å². The largest absolute Gasteiger partial charge is 0.497 e. The zero-order valence-electron chi connectivity index (χ0n) is 21.1. The molecule has 0 spiro atoms. The third kappa shape index (κ3) is 6.17. The number of amides is 2. The smallest absolute Gasteiger partial charge is 0.254 e. The molecule has 2 saturated heterocycles. The molecule has 1 N–H and O–H groups in total. The monoisotopic (exact) mass is 501 g/mol. The van der Waals surface area contributed by atoms with E-state index in [1.807, 2.05) is 35.2 Å². The molecule has 2 aliphatic rings. The molecule has 37 heavy (non-hydrogen) atoms. The molecule has 2 amide bonds. The topological polar surface area (TPSA) is 61.9 Å².